The minimum Gasteiger partial charge on any atom is -0.450 e. The molecule has 64 valence electrons. The molecule has 0 fully saturated rings. The SMILES string of the molecule is CCOC(=O)NCC(=O)NN. The lowest BCUT2D eigenvalue weighted by Gasteiger charge is -2.02. The Morgan fingerprint density at radius 2 is 2.18 bits per heavy atom. The molecule has 0 aromatic rings. The predicted molar refractivity (Wildman–Crippen MR) is 37.4 cm³/mol. The first kappa shape index (κ1) is 9.70. The molecule has 0 saturated heterocycles. The Bertz CT molecular complexity index is 148. The fourth-order valence-corrected chi connectivity index (χ4v) is 0.386. The lowest BCUT2D eigenvalue weighted by molar-refractivity contribution is -0.120. The van der Waals surface area contributed by atoms with Crippen LogP contribution >= 0.6 is 0 Å². The van der Waals surface area contributed by atoms with Gasteiger partial charge in [0.25, 0.3) is 5.91 Å². The van der Waals surface area contributed by atoms with Crippen LogP contribution in [0.5, 0.6) is 0 Å². The molecule has 2 amide bonds. The zero-order chi connectivity index (χ0) is 8.69. The molecule has 0 spiro atoms. The summed E-state index contributed by atoms with van der Waals surface area (Å²) in [5.41, 5.74) is 1.85. The van der Waals surface area contributed by atoms with Crippen LogP contribution in [0.1, 0.15) is 6.92 Å². The van der Waals surface area contributed by atoms with Gasteiger partial charge in [0.15, 0.2) is 0 Å². The van der Waals surface area contributed by atoms with Crippen LogP contribution in [0.2, 0.25) is 0 Å². The highest BCUT2D eigenvalue weighted by atomic mass is 16.5. The second-order valence-electron chi connectivity index (χ2n) is 1.64. The average molecular weight is 161 g/mol. The highest BCUT2D eigenvalue weighted by molar-refractivity contribution is 5.81. The van der Waals surface area contributed by atoms with Gasteiger partial charge >= 0.3 is 6.09 Å². The molecule has 0 aliphatic heterocycles. The van der Waals surface area contributed by atoms with Crippen LogP contribution in [0.3, 0.4) is 0 Å². The van der Waals surface area contributed by atoms with Crippen LogP contribution in [0.25, 0.3) is 0 Å². The highest BCUT2D eigenvalue weighted by Crippen LogP contribution is 1.74. The monoisotopic (exact) mass is 161 g/mol. The van der Waals surface area contributed by atoms with Gasteiger partial charge in [0.1, 0.15) is 6.54 Å². The van der Waals surface area contributed by atoms with Crippen molar-refractivity contribution in [2.24, 2.45) is 5.84 Å². The summed E-state index contributed by atoms with van der Waals surface area (Å²) in [5, 5.41) is 2.18. The van der Waals surface area contributed by atoms with E-state index in [1.807, 2.05) is 5.43 Å². The van der Waals surface area contributed by atoms with Gasteiger partial charge in [0.2, 0.25) is 0 Å². The molecule has 0 aliphatic carbocycles. The van der Waals surface area contributed by atoms with Crippen molar-refractivity contribution in [2.75, 3.05) is 13.2 Å². The highest BCUT2D eigenvalue weighted by Gasteiger charge is 2.02. The van der Waals surface area contributed by atoms with Crippen LogP contribution < -0.4 is 16.6 Å². The molecule has 4 N–H and O–H groups in total. The minimum absolute atomic E-state index is 0.171. The molecule has 0 atom stereocenters. The molecule has 0 aromatic carbocycles. The summed E-state index contributed by atoms with van der Waals surface area (Å²) in [7, 11) is 0. The van der Waals surface area contributed by atoms with E-state index in [-0.39, 0.29) is 13.2 Å². The number of carbonyl (C=O) groups excluding carboxylic acids is 2. The van der Waals surface area contributed by atoms with Crippen molar-refractivity contribution < 1.29 is 14.3 Å². The molecule has 0 unspecified atom stereocenters. The van der Waals surface area contributed by atoms with Gasteiger partial charge in [-0.15, -0.1) is 0 Å². The number of nitrogens with two attached hydrogens (primary N) is 1. The van der Waals surface area contributed by atoms with E-state index in [0.717, 1.165) is 0 Å². The Labute approximate surface area is 64.0 Å². The quantitative estimate of drug-likeness (QED) is 0.273. The van der Waals surface area contributed by atoms with E-state index in [9.17, 15) is 9.59 Å². The first-order valence-electron chi connectivity index (χ1n) is 3.10. The Kier molecular flexibility index (Phi) is 4.83. The molecule has 0 aliphatic rings. The van der Waals surface area contributed by atoms with Crippen molar-refractivity contribution in [3.05, 3.63) is 0 Å². The Balaban J connectivity index is 3.38. The second kappa shape index (κ2) is 5.48. The van der Waals surface area contributed by atoms with E-state index in [1.54, 1.807) is 6.92 Å². The lowest BCUT2D eigenvalue weighted by Crippen LogP contribution is -2.40. The van der Waals surface area contributed by atoms with Crippen LogP contribution in [0.15, 0.2) is 0 Å². The normalized spacial score (nSPS) is 8.55. The van der Waals surface area contributed by atoms with Crippen LogP contribution in [0.4, 0.5) is 4.79 Å². The number of nitrogens with one attached hydrogen (secondary N) is 2. The van der Waals surface area contributed by atoms with E-state index in [2.05, 4.69) is 10.1 Å². The van der Waals surface area contributed by atoms with Crippen molar-refractivity contribution in [3.63, 3.8) is 0 Å². The minimum atomic E-state index is -0.629. The number of hydrazine groups is 1. The van der Waals surface area contributed by atoms with E-state index < -0.39 is 12.0 Å². The Morgan fingerprint density at radius 1 is 1.55 bits per heavy atom. The van der Waals surface area contributed by atoms with Crippen LogP contribution in [-0.4, -0.2) is 25.2 Å². The van der Waals surface area contributed by atoms with E-state index >= 15 is 0 Å². The molecule has 0 radical (unpaired) electrons. The second-order valence-corrected chi connectivity index (χ2v) is 1.64. The molecule has 0 rings (SSSR count). The topological polar surface area (TPSA) is 93.4 Å². The number of amides is 2. The maximum absolute atomic E-state index is 10.5. The first-order valence-corrected chi connectivity index (χ1v) is 3.10. The Hall–Kier alpha value is -1.30. The summed E-state index contributed by atoms with van der Waals surface area (Å²) >= 11 is 0. The molecule has 0 heterocycles. The van der Waals surface area contributed by atoms with Gasteiger partial charge in [0.05, 0.1) is 6.61 Å². The Morgan fingerprint density at radius 3 is 2.64 bits per heavy atom. The van der Waals surface area contributed by atoms with Crippen LogP contribution in [0, 0.1) is 0 Å². The van der Waals surface area contributed by atoms with Gasteiger partial charge in [-0.25, -0.2) is 10.6 Å². The van der Waals surface area contributed by atoms with Gasteiger partial charge in [-0.05, 0) is 6.92 Å². The van der Waals surface area contributed by atoms with Gasteiger partial charge < -0.3 is 10.1 Å². The van der Waals surface area contributed by atoms with Crippen molar-refractivity contribution in [3.8, 4) is 0 Å². The van der Waals surface area contributed by atoms with Crippen molar-refractivity contribution in [2.45, 2.75) is 6.92 Å². The summed E-state index contributed by atoms with van der Waals surface area (Å²) in [6.07, 6.45) is -0.629. The molecule has 0 saturated carbocycles. The number of carbonyl (C=O) groups is 2. The van der Waals surface area contributed by atoms with E-state index in [0.29, 0.717) is 0 Å². The molecule has 6 heteroatoms. The number of alkyl carbamates (subject to hydrolysis) is 1. The molecule has 11 heavy (non-hydrogen) atoms. The lowest BCUT2D eigenvalue weighted by atomic mass is 10.6. The fourth-order valence-electron chi connectivity index (χ4n) is 0.386. The van der Waals surface area contributed by atoms with Gasteiger partial charge in [-0.2, -0.15) is 0 Å². The number of ether oxygens (including phenoxy) is 1. The molecule has 0 aromatic heterocycles. The number of rotatable bonds is 3. The maximum Gasteiger partial charge on any atom is 0.407 e. The zero-order valence-corrected chi connectivity index (χ0v) is 6.22. The number of hydrogen-bond acceptors (Lipinski definition) is 4. The first-order chi connectivity index (χ1) is 5.20. The van der Waals surface area contributed by atoms with Gasteiger partial charge in [-0.3, -0.25) is 10.2 Å². The predicted octanol–water partition coefficient (Wildman–Crippen LogP) is -1.28. The third kappa shape index (κ3) is 5.16. The van der Waals surface area contributed by atoms with Crippen molar-refractivity contribution in [1.82, 2.24) is 10.7 Å². The fraction of sp³-hybridized carbons (Fsp3) is 0.600. The van der Waals surface area contributed by atoms with E-state index in [4.69, 9.17) is 5.84 Å². The summed E-state index contributed by atoms with van der Waals surface area (Å²) in [5.74, 6) is 4.27. The zero-order valence-electron chi connectivity index (χ0n) is 6.22. The largest absolute Gasteiger partial charge is 0.450 e. The van der Waals surface area contributed by atoms with Gasteiger partial charge in [0, 0.05) is 0 Å². The molecule has 6 nitrogen and oxygen atoms in total. The van der Waals surface area contributed by atoms with Crippen molar-refractivity contribution in [1.29, 1.82) is 0 Å². The van der Waals surface area contributed by atoms with Gasteiger partial charge in [-0.1, -0.05) is 0 Å². The number of hydrogen-bond donors (Lipinski definition) is 3. The van der Waals surface area contributed by atoms with Crippen molar-refractivity contribution >= 4 is 12.0 Å². The molecular formula is C5H11N3O3. The van der Waals surface area contributed by atoms with Crippen LogP contribution in [-0.2, 0) is 9.53 Å². The summed E-state index contributed by atoms with van der Waals surface area (Å²) in [4.78, 5) is 20.9. The summed E-state index contributed by atoms with van der Waals surface area (Å²) in [6, 6.07) is 0. The van der Waals surface area contributed by atoms with E-state index in [1.165, 1.54) is 0 Å². The molecule has 0 bridgehead atoms. The summed E-state index contributed by atoms with van der Waals surface area (Å²) in [6.45, 7) is 1.77. The standard InChI is InChI=1S/C5H11N3O3/c1-2-11-5(10)7-3-4(9)8-6/h2-3,6H2,1H3,(H,7,10)(H,8,9). The third-order valence-electron chi connectivity index (χ3n) is 0.830. The smallest absolute Gasteiger partial charge is 0.407 e. The summed E-state index contributed by atoms with van der Waals surface area (Å²) < 4.78 is 4.47. The third-order valence-corrected chi connectivity index (χ3v) is 0.830. The molecular weight excluding hydrogens is 150 g/mol. The average Bonchev–Trinajstić information content (AvgIpc) is 2.01. The maximum atomic E-state index is 10.5.